The molecule has 3 fully saturated rings. The summed E-state index contributed by atoms with van der Waals surface area (Å²) in [6, 6.07) is 0.116. The summed E-state index contributed by atoms with van der Waals surface area (Å²) in [6.07, 6.45) is 6.72. The highest BCUT2D eigenvalue weighted by Crippen LogP contribution is 2.26. The predicted octanol–water partition coefficient (Wildman–Crippen LogP) is 1.46. The van der Waals surface area contributed by atoms with Crippen molar-refractivity contribution in [3.63, 3.8) is 0 Å². The first-order chi connectivity index (χ1) is 12.4. The Hall–Kier alpha value is -0.700. The van der Waals surface area contributed by atoms with Crippen LogP contribution in [0.3, 0.4) is 0 Å². The van der Waals surface area contributed by atoms with Crippen molar-refractivity contribution in [3.05, 3.63) is 0 Å². The standard InChI is InChI=1S/C18H33N3O4S/c1-15-8-13-25-17(14-15)18(22)20-9-11-21(12-10-20)26(23,24)19(2)16-6-4-3-5-7-16/h15-17H,3-14H2,1-2H3/t15-,17-/m0/s1. The molecule has 1 amide bonds. The van der Waals surface area contributed by atoms with Crippen LogP contribution in [0.5, 0.6) is 0 Å². The Morgan fingerprint density at radius 2 is 1.69 bits per heavy atom. The number of rotatable bonds is 4. The molecule has 8 heteroatoms. The third kappa shape index (κ3) is 4.40. The average Bonchev–Trinajstić information content (AvgIpc) is 2.67. The lowest BCUT2D eigenvalue weighted by Gasteiger charge is -2.40. The molecule has 26 heavy (non-hydrogen) atoms. The van der Waals surface area contributed by atoms with Gasteiger partial charge in [0, 0.05) is 45.9 Å². The maximum Gasteiger partial charge on any atom is 0.282 e. The van der Waals surface area contributed by atoms with Crippen LogP contribution >= 0.6 is 0 Å². The summed E-state index contributed by atoms with van der Waals surface area (Å²) in [5.41, 5.74) is 0. The van der Waals surface area contributed by atoms with Crippen LogP contribution in [0.15, 0.2) is 0 Å². The van der Waals surface area contributed by atoms with Gasteiger partial charge in [-0.3, -0.25) is 4.79 Å². The van der Waals surface area contributed by atoms with Crippen LogP contribution in [0.25, 0.3) is 0 Å². The lowest BCUT2D eigenvalue weighted by molar-refractivity contribution is -0.149. The molecule has 2 saturated heterocycles. The van der Waals surface area contributed by atoms with Gasteiger partial charge in [0.05, 0.1) is 0 Å². The lowest BCUT2D eigenvalue weighted by Crippen LogP contribution is -2.57. The number of nitrogens with zero attached hydrogens (tertiary/aromatic N) is 3. The third-order valence-electron chi connectivity index (χ3n) is 6.15. The zero-order chi connectivity index (χ0) is 18.7. The minimum atomic E-state index is -3.45. The third-order valence-corrected chi connectivity index (χ3v) is 8.19. The summed E-state index contributed by atoms with van der Waals surface area (Å²) < 4.78 is 34.6. The van der Waals surface area contributed by atoms with E-state index in [1.54, 1.807) is 16.3 Å². The van der Waals surface area contributed by atoms with E-state index in [0.29, 0.717) is 38.7 Å². The van der Waals surface area contributed by atoms with Gasteiger partial charge in [0.25, 0.3) is 16.1 Å². The molecule has 2 heterocycles. The lowest BCUT2D eigenvalue weighted by atomic mass is 9.96. The van der Waals surface area contributed by atoms with E-state index in [9.17, 15) is 13.2 Å². The van der Waals surface area contributed by atoms with E-state index in [1.165, 1.54) is 10.7 Å². The smallest absolute Gasteiger partial charge is 0.282 e. The highest BCUT2D eigenvalue weighted by Gasteiger charge is 2.37. The Morgan fingerprint density at radius 1 is 1.04 bits per heavy atom. The van der Waals surface area contributed by atoms with Crippen LogP contribution in [-0.2, 0) is 19.7 Å². The Labute approximate surface area is 157 Å². The van der Waals surface area contributed by atoms with E-state index in [4.69, 9.17) is 4.74 Å². The average molecular weight is 388 g/mol. The number of carbonyl (C=O) groups is 1. The van der Waals surface area contributed by atoms with Gasteiger partial charge in [-0.2, -0.15) is 17.0 Å². The molecule has 2 atom stereocenters. The van der Waals surface area contributed by atoms with Crippen molar-refractivity contribution in [2.45, 2.75) is 64.0 Å². The molecule has 0 aromatic rings. The van der Waals surface area contributed by atoms with Crippen molar-refractivity contribution in [2.75, 3.05) is 39.8 Å². The molecule has 3 rings (SSSR count). The first-order valence-electron chi connectivity index (χ1n) is 10.0. The largest absolute Gasteiger partial charge is 0.368 e. The molecule has 0 aromatic heterocycles. The first kappa shape index (κ1) is 20.0. The van der Waals surface area contributed by atoms with Crippen molar-refractivity contribution in [1.82, 2.24) is 13.5 Å². The second-order valence-corrected chi connectivity index (χ2v) is 10.0. The summed E-state index contributed by atoms with van der Waals surface area (Å²) in [7, 11) is -1.74. The maximum absolute atomic E-state index is 12.9. The van der Waals surface area contributed by atoms with Crippen molar-refractivity contribution in [3.8, 4) is 0 Å². The molecule has 0 bridgehead atoms. The van der Waals surface area contributed by atoms with Crippen LogP contribution in [0.1, 0.15) is 51.9 Å². The van der Waals surface area contributed by atoms with Crippen molar-refractivity contribution >= 4 is 16.1 Å². The summed E-state index contributed by atoms with van der Waals surface area (Å²) in [4.78, 5) is 14.4. The summed E-state index contributed by atoms with van der Waals surface area (Å²) in [5, 5.41) is 0. The summed E-state index contributed by atoms with van der Waals surface area (Å²) in [6.45, 7) is 4.42. The van der Waals surface area contributed by atoms with Crippen molar-refractivity contribution in [2.24, 2.45) is 5.92 Å². The molecule has 0 unspecified atom stereocenters. The number of ether oxygens (including phenoxy) is 1. The maximum atomic E-state index is 12.9. The van der Waals surface area contributed by atoms with E-state index >= 15 is 0 Å². The van der Waals surface area contributed by atoms with Crippen molar-refractivity contribution in [1.29, 1.82) is 0 Å². The van der Waals surface area contributed by atoms with Crippen LogP contribution in [0, 0.1) is 5.92 Å². The van der Waals surface area contributed by atoms with Gasteiger partial charge in [0.1, 0.15) is 6.10 Å². The molecule has 0 radical (unpaired) electrons. The van der Waals surface area contributed by atoms with Crippen LogP contribution < -0.4 is 0 Å². The van der Waals surface area contributed by atoms with Gasteiger partial charge in [-0.15, -0.1) is 0 Å². The van der Waals surface area contributed by atoms with E-state index in [0.717, 1.165) is 38.5 Å². The van der Waals surface area contributed by atoms with Gasteiger partial charge in [0.15, 0.2) is 0 Å². The van der Waals surface area contributed by atoms with Crippen LogP contribution in [0.4, 0.5) is 0 Å². The van der Waals surface area contributed by atoms with Gasteiger partial charge in [-0.1, -0.05) is 26.2 Å². The SMILES string of the molecule is C[C@H]1CCO[C@H](C(=O)N2CCN(S(=O)(=O)N(C)C3CCCCC3)CC2)C1. The molecule has 3 aliphatic rings. The Kier molecular flexibility index (Phi) is 6.59. The van der Waals surface area contributed by atoms with Crippen LogP contribution in [-0.4, -0.2) is 79.8 Å². The van der Waals surface area contributed by atoms with Crippen molar-refractivity contribution < 1.29 is 17.9 Å². The minimum Gasteiger partial charge on any atom is -0.368 e. The summed E-state index contributed by atoms with van der Waals surface area (Å²) >= 11 is 0. The first-order valence-corrected chi connectivity index (χ1v) is 11.4. The van der Waals surface area contributed by atoms with E-state index < -0.39 is 10.2 Å². The Morgan fingerprint density at radius 3 is 2.31 bits per heavy atom. The summed E-state index contributed by atoms with van der Waals surface area (Å²) in [5.74, 6) is 0.526. The molecule has 0 aromatic carbocycles. The zero-order valence-electron chi connectivity index (χ0n) is 16.1. The second-order valence-electron chi connectivity index (χ2n) is 8.03. The van der Waals surface area contributed by atoms with Gasteiger partial charge >= 0.3 is 0 Å². The predicted molar refractivity (Wildman–Crippen MR) is 99.8 cm³/mol. The fourth-order valence-electron chi connectivity index (χ4n) is 4.29. The van der Waals surface area contributed by atoms with Gasteiger partial charge in [-0.05, 0) is 31.6 Å². The normalized spacial score (nSPS) is 29.9. The molecule has 1 saturated carbocycles. The topological polar surface area (TPSA) is 70.2 Å². The molecule has 1 aliphatic carbocycles. The number of carbonyl (C=O) groups excluding carboxylic acids is 1. The fourth-order valence-corrected chi connectivity index (χ4v) is 5.87. The highest BCUT2D eigenvalue weighted by atomic mass is 32.2. The van der Waals surface area contributed by atoms with E-state index in [1.807, 2.05) is 0 Å². The van der Waals surface area contributed by atoms with E-state index in [2.05, 4.69) is 6.92 Å². The molecule has 0 N–H and O–H groups in total. The molecule has 2 aliphatic heterocycles. The molecular formula is C18H33N3O4S. The number of hydrogen-bond donors (Lipinski definition) is 0. The van der Waals surface area contributed by atoms with Gasteiger partial charge < -0.3 is 9.64 Å². The number of amides is 1. The Bertz CT molecular complexity index is 583. The molecule has 7 nitrogen and oxygen atoms in total. The van der Waals surface area contributed by atoms with E-state index in [-0.39, 0.29) is 18.1 Å². The Balaban J connectivity index is 1.54. The molecule has 0 spiro atoms. The fraction of sp³-hybridized carbons (Fsp3) is 0.944. The highest BCUT2D eigenvalue weighted by molar-refractivity contribution is 7.86. The molecular weight excluding hydrogens is 354 g/mol. The van der Waals surface area contributed by atoms with Crippen LogP contribution in [0.2, 0.25) is 0 Å². The molecule has 150 valence electrons. The number of hydrogen-bond acceptors (Lipinski definition) is 4. The number of piperazine rings is 1. The van der Waals surface area contributed by atoms with Gasteiger partial charge in [0.2, 0.25) is 0 Å². The zero-order valence-corrected chi connectivity index (χ0v) is 16.9. The second kappa shape index (κ2) is 8.54. The quantitative estimate of drug-likeness (QED) is 0.732. The van der Waals surface area contributed by atoms with Gasteiger partial charge in [-0.25, -0.2) is 0 Å². The minimum absolute atomic E-state index is 0.0224. The monoisotopic (exact) mass is 387 g/mol.